The van der Waals surface area contributed by atoms with Crippen LogP contribution < -0.4 is 13.8 Å². The van der Waals surface area contributed by atoms with Gasteiger partial charge in [-0.2, -0.15) is 0 Å². The molecule has 1 atom stereocenters. The van der Waals surface area contributed by atoms with Crippen molar-refractivity contribution in [1.29, 1.82) is 0 Å². The third-order valence-corrected chi connectivity index (χ3v) is 4.17. The molecule has 5 heteroatoms. The number of hydrogen-bond acceptors (Lipinski definition) is 4. The Labute approximate surface area is 148 Å². The minimum Gasteiger partial charge on any atom is -0.496 e. The quantitative estimate of drug-likeness (QED) is 0.448. The van der Waals surface area contributed by atoms with Crippen molar-refractivity contribution in [3.8, 4) is 17.2 Å². The van der Waals surface area contributed by atoms with Gasteiger partial charge in [-0.25, -0.2) is 0 Å². The lowest BCUT2D eigenvalue weighted by molar-refractivity contribution is 0.103. The number of carbonyl (C=O) groups excluding carboxylic acids is 1. The van der Waals surface area contributed by atoms with Gasteiger partial charge in [0.1, 0.15) is 17.2 Å². The van der Waals surface area contributed by atoms with E-state index in [4.69, 9.17) is 13.8 Å². The van der Waals surface area contributed by atoms with Gasteiger partial charge in [0.05, 0.1) is 12.7 Å². The maximum absolute atomic E-state index is 12.6. The highest BCUT2D eigenvalue weighted by Crippen LogP contribution is 2.26. The molecule has 0 aliphatic carbocycles. The topological polar surface area (TPSA) is 44.8 Å². The Balaban J connectivity index is 1.63. The van der Waals surface area contributed by atoms with Crippen molar-refractivity contribution in [2.45, 2.75) is 0 Å². The van der Waals surface area contributed by atoms with Crippen LogP contribution in [0.4, 0.5) is 0 Å². The predicted molar refractivity (Wildman–Crippen MR) is 98.9 cm³/mol. The molecule has 0 aromatic heterocycles. The van der Waals surface area contributed by atoms with E-state index >= 15 is 0 Å². The molecule has 0 bridgehead atoms. The van der Waals surface area contributed by atoms with E-state index in [0.29, 0.717) is 22.6 Å². The van der Waals surface area contributed by atoms with Crippen LogP contribution >= 0.6 is 9.03 Å². The number of methoxy groups -OCH3 is 1. The van der Waals surface area contributed by atoms with Gasteiger partial charge in [0.25, 0.3) is 9.03 Å². The Kier molecular flexibility index (Phi) is 5.65. The zero-order valence-corrected chi connectivity index (χ0v) is 14.6. The van der Waals surface area contributed by atoms with Crippen LogP contribution in [0.5, 0.6) is 17.2 Å². The van der Waals surface area contributed by atoms with Gasteiger partial charge in [-0.1, -0.05) is 30.3 Å². The summed E-state index contributed by atoms with van der Waals surface area (Å²) < 4.78 is 16.3. The highest BCUT2D eigenvalue weighted by atomic mass is 31.1. The van der Waals surface area contributed by atoms with Crippen molar-refractivity contribution in [2.75, 3.05) is 7.11 Å². The lowest BCUT2D eigenvalue weighted by atomic mass is 10.0. The lowest BCUT2D eigenvalue weighted by Gasteiger charge is -2.09. The monoisotopic (exact) mass is 352 g/mol. The van der Waals surface area contributed by atoms with E-state index in [0.717, 1.165) is 5.75 Å². The largest absolute Gasteiger partial charge is 0.496 e. The molecular weight excluding hydrogens is 335 g/mol. The molecule has 0 heterocycles. The van der Waals surface area contributed by atoms with Gasteiger partial charge in [-0.15, -0.1) is 0 Å². The fraction of sp³-hybridized carbons (Fsp3) is 0.0500. The molecule has 1 unspecified atom stereocenters. The van der Waals surface area contributed by atoms with Crippen molar-refractivity contribution >= 4 is 14.8 Å². The molecule has 0 saturated heterocycles. The van der Waals surface area contributed by atoms with E-state index in [2.05, 4.69) is 0 Å². The normalized spacial score (nSPS) is 10.6. The van der Waals surface area contributed by atoms with E-state index < -0.39 is 0 Å². The SMILES string of the molecule is COc1ccccc1C(=O)c1ccc(OPOc2ccccc2)cc1. The first-order chi connectivity index (χ1) is 12.3. The molecular formula is C20H17O4P. The number of para-hydroxylation sites is 2. The molecule has 0 fully saturated rings. The van der Waals surface area contributed by atoms with Gasteiger partial charge in [-0.05, 0) is 48.5 Å². The predicted octanol–water partition coefficient (Wildman–Crippen LogP) is 4.89. The molecule has 0 radical (unpaired) electrons. The third-order valence-electron chi connectivity index (χ3n) is 3.53. The van der Waals surface area contributed by atoms with E-state index in [1.807, 2.05) is 42.5 Å². The molecule has 25 heavy (non-hydrogen) atoms. The smallest absolute Gasteiger partial charge is 0.275 e. The molecule has 3 aromatic rings. The molecule has 0 amide bonds. The zero-order valence-electron chi connectivity index (χ0n) is 13.6. The average molecular weight is 352 g/mol. The molecule has 0 aliphatic heterocycles. The van der Waals surface area contributed by atoms with Crippen LogP contribution in [0.25, 0.3) is 0 Å². The number of rotatable bonds is 7. The number of carbonyl (C=O) groups is 1. The summed E-state index contributed by atoms with van der Waals surface area (Å²) in [5.41, 5.74) is 1.11. The average Bonchev–Trinajstić information content (AvgIpc) is 2.69. The Hall–Kier alpha value is -2.84. The van der Waals surface area contributed by atoms with Crippen molar-refractivity contribution < 1.29 is 18.6 Å². The molecule has 3 rings (SSSR count). The Morgan fingerprint density at radius 1 is 0.760 bits per heavy atom. The second-order valence-electron chi connectivity index (χ2n) is 5.15. The van der Waals surface area contributed by atoms with E-state index in [9.17, 15) is 4.79 Å². The van der Waals surface area contributed by atoms with E-state index in [1.54, 1.807) is 43.5 Å². The van der Waals surface area contributed by atoms with Crippen molar-refractivity contribution in [3.63, 3.8) is 0 Å². The van der Waals surface area contributed by atoms with Crippen molar-refractivity contribution in [1.82, 2.24) is 0 Å². The van der Waals surface area contributed by atoms with Crippen LogP contribution in [0.2, 0.25) is 0 Å². The second kappa shape index (κ2) is 8.32. The van der Waals surface area contributed by atoms with Crippen LogP contribution in [-0.2, 0) is 0 Å². The fourth-order valence-corrected chi connectivity index (χ4v) is 2.77. The van der Waals surface area contributed by atoms with Crippen LogP contribution in [0.1, 0.15) is 15.9 Å². The molecule has 0 aliphatic rings. The highest BCUT2D eigenvalue weighted by molar-refractivity contribution is 7.27. The first-order valence-electron chi connectivity index (χ1n) is 7.69. The Morgan fingerprint density at radius 3 is 2.04 bits per heavy atom. The minimum absolute atomic E-state index is 0.0908. The molecule has 0 saturated carbocycles. The summed E-state index contributed by atoms with van der Waals surface area (Å²) in [6.45, 7) is 0. The number of hydrogen-bond donors (Lipinski definition) is 0. The van der Waals surface area contributed by atoms with Crippen LogP contribution in [0.3, 0.4) is 0 Å². The number of ether oxygens (including phenoxy) is 1. The van der Waals surface area contributed by atoms with Gasteiger partial charge in [-0.3, -0.25) is 4.79 Å². The Morgan fingerprint density at radius 2 is 1.36 bits per heavy atom. The molecule has 0 N–H and O–H groups in total. The highest BCUT2D eigenvalue weighted by Gasteiger charge is 2.13. The summed E-state index contributed by atoms with van der Waals surface area (Å²) in [7, 11) is 1.40. The molecule has 3 aromatic carbocycles. The number of ketones is 1. The van der Waals surface area contributed by atoms with Gasteiger partial charge >= 0.3 is 0 Å². The maximum atomic E-state index is 12.6. The van der Waals surface area contributed by atoms with Crippen LogP contribution in [-0.4, -0.2) is 12.9 Å². The summed E-state index contributed by atoms with van der Waals surface area (Å²) in [4.78, 5) is 12.6. The fourth-order valence-electron chi connectivity index (χ4n) is 2.27. The van der Waals surface area contributed by atoms with Crippen molar-refractivity contribution in [2.24, 2.45) is 0 Å². The zero-order chi connectivity index (χ0) is 17.5. The molecule has 126 valence electrons. The van der Waals surface area contributed by atoms with E-state index in [1.165, 1.54) is 0 Å². The Bertz CT molecular complexity index is 832. The third kappa shape index (κ3) is 4.37. The second-order valence-corrected chi connectivity index (χ2v) is 5.73. The summed E-state index contributed by atoms with van der Waals surface area (Å²) in [6, 6.07) is 23.6. The van der Waals surface area contributed by atoms with Gasteiger partial charge in [0, 0.05) is 5.56 Å². The van der Waals surface area contributed by atoms with Crippen molar-refractivity contribution in [3.05, 3.63) is 90.0 Å². The molecule has 0 spiro atoms. The summed E-state index contributed by atoms with van der Waals surface area (Å²) >= 11 is 0. The summed E-state index contributed by atoms with van der Waals surface area (Å²) in [5, 5.41) is 0. The van der Waals surface area contributed by atoms with Gasteiger partial charge in [0.15, 0.2) is 5.78 Å². The van der Waals surface area contributed by atoms with Crippen LogP contribution in [0.15, 0.2) is 78.9 Å². The lowest BCUT2D eigenvalue weighted by Crippen LogP contribution is -2.03. The van der Waals surface area contributed by atoms with Gasteiger partial charge in [0.2, 0.25) is 0 Å². The standard InChI is InChI=1S/C20H17O4P/c1-22-19-10-6-5-9-18(19)20(21)15-11-13-17(14-12-15)24-25-23-16-7-3-2-4-8-16/h2-14,25H,1H3. The maximum Gasteiger partial charge on any atom is 0.275 e. The van der Waals surface area contributed by atoms with Gasteiger partial charge < -0.3 is 13.8 Å². The van der Waals surface area contributed by atoms with Crippen LogP contribution in [0, 0.1) is 0 Å². The first-order valence-corrected chi connectivity index (χ1v) is 8.51. The summed E-state index contributed by atoms with van der Waals surface area (Å²) in [6.07, 6.45) is 0. The summed E-state index contributed by atoms with van der Waals surface area (Å²) in [5.74, 6) is 1.87. The number of benzene rings is 3. The first kappa shape index (κ1) is 17.0. The minimum atomic E-state index is -0.156. The molecule has 4 nitrogen and oxygen atoms in total. The van der Waals surface area contributed by atoms with E-state index in [-0.39, 0.29) is 14.8 Å².